The van der Waals surface area contributed by atoms with Crippen LogP contribution in [-0.2, 0) is 4.74 Å². The Morgan fingerprint density at radius 2 is 1.97 bits per heavy atom. The maximum absolute atomic E-state index is 13.7. The number of anilines is 1. The summed E-state index contributed by atoms with van der Waals surface area (Å²) in [7, 11) is 1.36. The Hall–Kier alpha value is -2.52. The Morgan fingerprint density at radius 3 is 2.62 bits per heavy atom. The van der Waals surface area contributed by atoms with Crippen LogP contribution >= 0.6 is 11.6 Å². The van der Waals surface area contributed by atoms with E-state index in [1.54, 1.807) is 17.0 Å². The summed E-state index contributed by atoms with van der Waals surface area (Å²) in [6, 6.07) is 10.4. The maximum Gasteiger partial charge on any atom is 0.426 e. The van der Waals surface area contributed by atoms with Crippen molar-refractivity contribution < 1.29 is 31.8 Å². The number of amides is 1. The second kappa shape index (κ2) is 10.4. The Bertz CT molecular complexity index is 924. The number of rotatable bonds is 6. The number of hydrogen-bond acceptors (Lipinski definition) is 4. The summed E-state index contributed by atoms with van der Waals surface area (Å²) in [5, 5.41) is 2.70. The molecule has 2 aromatic carbocycles. The van der Waals surface area contributed by atoms with Crippen LogP contribution in [0, 0.1) is 5.82 Å². The number of benzene rings is 2. The molecule has 2 aromatic rings. The normalized spacial score (nSPS) is 18.1. The lowest BCUT2D eigenvalue weighted by Crippen LogP contribution is -2.47. The zero-order valence-corrected chi connectivity index (χ0v) is 18.0. The summed E-state index contributed by atoms with van der Waals surface area (Å²) in [6.45, 7) is 0.263. The molecule has 1 aliphatic rings. The summed E-state index contributed by atoms with van der Waals surface area (Å²) in [5.74, 6) is -0.494. The van der Waals surface area contributed by atoms with Crippen LogP contribution in [0.3, 0.4) is 0 Å². The maximum atomic E-state index is 13.7. The molecule has 0 radical (unpaired) electrons. The molecule has 0 unspecified atom stereocenters. The van der Waals surface area contributed by atoms with Gasteiger partial charge in [-0.25, -0.2) is 9.18 Å². The van der Waals surface area contributed by atoms with Crippen molar-refractivity contribution in [2.75, 3.05) is 32.1 Å². The van der Waals surface area contributed by atoms with Crippen molar-refractivity contribution in [2.45, 2.75) is 31.0 Å². The molecule has 1 saturated heterocycles. The molecular weight excluding hydrogens is 452 g/mol. The third kappa shape index (κ3) is 6.49. The SMILES string of the molecule is COc1cc([C@@H]2CCCN(C[C@H](OC(=O)Nc3ccc(Cl)cc3)C(F)(F)F)C2)ccc1F. The van der Waals surface area contributed by atoms with E-state index in [4.69, 9.17) is 21.1 Å². The molecule has 3 rings (SSSR count). The van der Waals surface area contributed by atoms with E-state index in [1.807, 2.05) is 0 Å². The highest BCUT2D eigenvalue weighted by molar-refractivity contribution is 6.30. The molecule has 1 N–H and O–H groups in total. The van der Waals surface area contributed by atoms with E-state index in [0.29, 0.717) is 24.5 Å². The number of halogens is 5. The van der Waals surface area contributed by atoms with Gasteiger partial charge in [0.25, 0.3) is 0 Å². The first-order valence-electron chi connectivity index (χ1n) is 10.0. The van der Waals surface area contributed by atoms with Crippen LogP contribution < -0.4 is 10.1 Å². The van der Waals surface area contributed by atoms with Gasteiger partial charge < -0.3 is 9.47 Å². The van der Waals surface area contributed by atoms with E-state index in [9.17, 15) is 22.4 Å². The third-order valence-electron chi connectivity index (χ3n) is 5.28. The minimum absolute atomic E-state index is 0.0879. The topological polar surface area (TPSA) is 50.8 Å². The molecule has 10 heteroatoms. The van der Waals surface area contributed by atoms with E-state index < -0.39 is 30.7 Å². The number of likely N-dealkylation sites (tertiary alicyclic amines) is 1. The van der Waals surface area contributed by atoms with E-state index >= 15 is 0 Å². The van der Waals surface area contributed by atoms with Crippen molar-refractivity contribution in [3.63, 3.8) is 0 Å². The van der Waals surface area contributed by atoms with Crippen molar-refractivity contribution >= 4 is 23.4 Å². The van der Waals surface area contributed by atoms with Gasteiger partial charge in [-0.3, -0.25) is 10.2 Å². The summed E-state index contributed by atoms with van der Waals surface area (Å²) in [5.41, 5.74) is 1.06. The fourth-order valence-corrected chi connectivity index (χ4v) is 3.80. The van der Waals surface area contributed by atoms with Crippen LogP contribution in [0.4, 0.5) is 28.0 Å². The van der Waals surface area contributed by atoms with E-state index in [-0.39, 0.29) is 17.4 Å². The first-order valence-corrected chi connectivity index (χ1v) is 10.4. The average Bonchev–Trinajstić information content (AvgIpc) is 2.75. The molecule has 2 atom stereocenters. The van der Waals surface area contributed by atoms with Crippen molar-refractivity contribution in [3.05, 3.63) is 58.9 Å². The van der Waals surface area contributed by atoms with Crippen LogP contribution in [0.15, 0.2) is 42.5 Å². The van der Waals surface area contributed by atoms with Gasteiger partial charge in [0.1, 0.15) is 0 Å². The van der Waals surface area contributed by atoms with Crippen LogP contribution in [0.1, 0.15) is 24.3 Å². The summed E-state index contributed by atoms with van der Waals surface area (Å²) < 4.78 is 64.2. The van der Waals surface area contributed by atoms with Crippen molar-refractivity contribution in [2.24, 2.45) is 0 Å². The number of piperidine rings is 1. The van der Waals surface area contributed by atoms with E-state index in [0.717, 1.165) is 12.0 Å². The van der Waals surface area contributed by atoms with Gasteiger partial charge in [-0.1, -0.05) is 17.7 Å². The summed E-state index contributed by atoms with van der Waals surface area (Å²) in [4.78, 5) is 13.7. The highest BCUT2D eigenvalue weighted by atomic mass is 35.5. The molecule has 0 aromatic heterocycles. The van der Waals surface area contributed by atoms with Gasteiger partial charge >= 0.3 is 12.3 Å². The second-order valence-corrected chi connectivity index (χ2v) is 8.00. The number of hydrogen-bond donors (Lipinski definition) is 1. The Morgan fingerprint density at radius 1 is 1.25 bits per heavy atom. The minimum atomic E-state index is -4.73. The molecule has 0 aliphatic carbocycles. The molecule has 1 amide bonds. The molecule has 1 heterocycles. The smallest absolute Gasteiger partial charge is 0.426 e. The van der Waals surface area contributed by atoms with Crippen LogP contribution in [0.2, 0.25) is 5.02 Å². The first-order chi connectivity index (χ1) is 15.2. The van der Waals surface area contributed by atoms with Crippen molar-refractivity contribution in [1.82, 2.24) is 4.90 Å². The van der Waals surface area contributed by atoms with Crippen LogP contribution in [-0.4, -0.2) is 50.0 Å². The van der Waals surface area contributed by atoms with Gasteiger partial charge in [0, 0.05) is 23.8 Å². The zero-order valence-electron chi connectivity index (χ0n) is 17.3. The highest BCUT2D eigenvalue weighted by Crippen LogP contribution is 2.32. The van der Waals surface area contributed by atoms with E-state index in [1.165, 1.54) is 37.4 Å². The third-order valence-corrected chi connectivity index (χ3v) is 5.53. The number of alkyl halides is 3. The second-order valence-electron chi connectivity index (χ2n) is 7.56. The van der Waals surface area contributed by atoms with Crippen molar-refractivity contribution in [3.8, 4) is 5.75 Å². The van der Waals surface area contributed by atoms with Gasteiger partial charge in [0.05, 0.1) is 7.11 Å². The van der Waals surface area contributed by atoms with Gasteiger partial charge in [-0.2, -0.15) is 13.2 Å². The fourth-order valence-electron chi connectivity index (χ4n) is 3.68. The number of nitrogens with one attached hydrogen (secondary N) is 1. The standard InChI is InChI=1S/C22H23ClF4N2O3/c1-31-19-11-14(4-9-18(19)24)15-3-2-10-29(12-15)13-20(22(25,26)27)32-21(30)28-17-7-5-16(23)6-8-17/h4-9,11,15,20H,2-3,10,12-13H2,1H3,(H,28,30)/t15-,20+/m1/s1. The lowest BCUT2D eigenvalue weighted by Gasteiger charge is -2.35. The number of carbonyl (C=O) groups excluding carboxylic acids is 1. The molecule has 1 aliphatic heterocycles. The van der Waals surface area contributed by atoms with Crippen LogP contribution in [0.25, 0.3) is 0 Å². The number of carbonyl (C=O) groups is 1. The number of nitrogens with zero attached hydrogens (tertiary/aromatic N) is 1. The predicted molar refractivity (Wildman–Crippen MR) is 113 cm³/mol. The van der Waals surface area contributed by atoms with Crippen molar-refractivity contribution in [1.29, 1.82) is 0 Å². The summed E-state index contributed by atoms with van der Waals surface area (Å²) in [6.07, 6.45) is -6.82. The monoisotopic (exact) mass is 474 g/mol. The predicted octanol–water partition coefficient (Wildman–Crippen LogP) is 5.85. The molecule has 0 spiro atoms. The molecule has 1 fully saturated rings. The zero-order chi connectivity index (χ0) is 23.3. The molecule has 5 nitrogen and oxygen atoms in total. The molecule has 32 heavy (non-hydrogen) atoms. The molecule has 174 valence electrons. The van der Waals surface area contributed by atoms with Gasteiger partial charge in [-0.15, -0.1) is 0 Å². The lowest BCUT2D eigenvalue weighted by atomic mass is 9.90. The summed E-state index contributed by atoms with van der Waals surface area (Å²) >= 11 is 5.76. The Kier molecular flexibility index (Phi) is 7.84. The van der Waals surface area contributed by atoms with Crippen LogP contribution in [0.5, 0.6) is 5.75 Å². The average molecular weight is 475 g/mol. The largest absolute Gasteiger partial charge is 0.494 e. The minimum Gasteiger partial charge on any atom is -0.494 e. The van der Waals surface area contributed by atoms with Gasteiger partial charge in [0.2, 0.25) is 6.10 Å². The van der Waals surface area contributed by atoms with Gasteiger partial charge in [0.15, 0.2) is 11.6 Å². The first kappa shape index (κ1) is 24.1. The molecule has 0 saturated carbocycles. The highest BCUT2D eigenvalue weighted by Gasteiger charge is 2.44. The molecular formula is C22H23ClF4N2O3. The van der Waals surface area contributed by atoms with Gasteiger partial charge in [-0.05, 0) is 67.3 Å². The molecule has 0 bridgehead atoms. The number of methoxy groups -OCH3 is 1. The fraction of sp³-hybridized carbons (Fsp3) is 0.409. The Balaban J connectivity index is 1.64. The Labute approximate surface area is 188 Å². The quantitative estimate of drug-likeness (QED) is 0.534. The number of ether oxygens (including phenoxy) is 2. The lowest BCUT2D eigenvalue weighted by molar-refractivity contribution is -0.207. The van der Waals surface area contributed by atoms with E-state index in [2.05, 4.69) is 5.32 Å².